The lowest BCUT2D eigenvalue weighted by molar-refractivity contribution is -0.128. The van der Waals surface area contributed by atoms with Crippen LogP contribution in [-0.2, 0) is 11.3 Å². The van der Waals surface area contributed by atoms with Gasteiger partial charge in [-0.3, -0.25) is 4.79 Å². The Bertz CT molecular complexity index is 298. The van der Waals surface area contributed by atoms with Crippen LogP contribution in [0.4, 0.5) is 0 Å². The van der Waals surface area contributed by atoms with E-state index in [1.165, 1.54) is 11.3 Å². The second-order valence-corrected chi connectivity index (χ2v) is 4.87. The van der Waals surface area contributed by atoms with E-state index in [2.05, 4.69) is 10.3 Å². The van der Waals surface area contributed by atoms with E-state index < -0.39 is 5.41 Å². The maximum Gasteiger partial charge on any atom is 0.227 e. The van der Waals surface area contributed by atoms with E-state index in [0.29, 0.717) is 12.4 Å². The van der Waals surface area contributed by atoms with E-state index in [1.54, 1.807) is 6.20 Å². The van der Waals surface area contributed by atoms with Gasteiger partial charge in [0.05, 0.1) is 12.0 Å². The first kappa shape index (κ1) is 11.5. The zero-order chi connectivity index (χ0) is 10.6. The second kappa shape index (κ2) is 4.75. The van der Waals surface area contributed by atoms with Gasteiger partial charge in [0.2, 0.25) is 5.91 Å². The van der Waals surface area contributed by atoms with Gasteiger partial charge >= 0.3 is 0 Å². The molecule has 0 aliphatic carbocycles. The van der Waals surface area contributed by atoms with Crippen molar-refractivity contribution in [1.82, 2.24) is 10.3 Å². The molecule has 1 heterocycles. The standard InChI is InChI=1S/C9H13ClN2OS/c1-9(2,6-10)8(13)12-5-7-11-3-4-14-7/h3-4H,5-6H2,1-2H3,(H,12,13). The minimum absolute atomic E-state index is 0.0392. The Kier molecular flexibility index (Phi) is 3.89. The number of rotatable bonds is 4. The van der Waals surface area contributed by atoms with Gasteiger partial charge in [0.1, 0.15) is 5.01 Å². The average Bonchev–Trinajstić information content (AvgIpc) is 2.66. The third kappa shape index (κ3) is 2.96. The molecule has 0 saturated heterocycles. The topological polar surface area (TPSA) is 42.0 Å². The molecule has 0 bridgehead atoms. The van der Waals surface area contributed by atoms with Gasteiger partial charge < -0.3 is 5.32 Å². The summed E-state index contributed by atoms with van der Waals surface area (Å²) in [5, 5.41) is 5.59. The maximum absolute atomic E-state index is 11.6. The van der Waals surface area contributed by atoms with Crippen LogP contribution in [-0.4, -0.2) is 16.8 Å². The monoisotopic (exact) mass is 232 g/mol. The summed E-state index contributed by atoms with van der Waals surface area (Å²) in [6, 6.07) is 0. The predicted octanol–water partition coefficient (Wildman–Crippen LogP) is 2.02. The SMILES string of the molecule is CC(C)(CCl)C(=O)NCc1nccs1. The summed E-state index contributed by atoms with van der Waals surface area (Å²) < 4.78 is 0. The highest BCUT2D eigenvalue weighted by atomic mass is 35.5. The number of nitrogens with one attached hydrogen (secondary N) is 1. The minimum Gasteiger partial charge on any atom is -0.349 e. The molecular weight excluding hydrogens is 220 g/mol. The van der Waals surface area contributed by atoms with Crippen LogP contribution in [0.3, 0.4) is 0 Å². The van der Waals surface area contributed by atoms with Crippen molar-refractivity contribution in [2.45, 2.75) is 20.4 Å². The highest BCUT2D eigenvalue weighted by Crippen LogP contribution is 2.17. The molecule has 0 atom stereocenters. The maximum atomic E-state index is 11.6. The number of hydrogen-bond donors (Lipinski definition) is 1. The Morgan fingerprint density at radius 3 is 2.93 bits per heavy atom. The fraction of sp³-hybridized carbons (Fsp3) is 0.556. The number of nitrogens with zero attached hydrogens (tertiary/aromatic N) is 1. The van der Waals surface area contributed by atoms with Crippen molar-refractivity contribution in [3.63, 3.8) is 0 Å². The van der Waals surface area contributed by atoms with Gasteiger partial charge in [-0.1, -0.05) is 0 Å². The molecule has 0 spiro atoms. The van der Waals surface area contributed by atoms with Gasteiger partial charge in [-0.15, -0.1) is 22.9 Å². The number of hydrogen-bond acceptors (Lipinski definition) is 3. The molecule has 1 rings (SSSR count). The van der Waals surface area contributed by atoms with Gasteiger partial charge in [0, 0.05) is 17.5 Å². The summed E-state index contributed by atoms with van der Waals surface area (Å²) in [5.74, 6) is 0.277. The molecular formula is C9H13ClN2OS. The molecule has 14 heavy (non-hydrogen) atoms. The molecule has 0 aliphatic rings. The van der Waals surface area contributed by atoms with Crippen molar-refractivity contribution < 1.29 is 4.79 Å². The Labute approximate surface area is 92.5 Å². The lowest BCUT2D eigenvalue weighted by Crippen LogP contribution is -2.37. The lowest BCUT2D eigenvalue weighted by atomic mass is 9.95. The molecule has 5 heteroatoms. The molecule has 0 saturated carbocycles. The van der Waals surface area contributed by atoms with Gasteiger partial charge in [-0.25, -0.2) is 4.98 Å². The average molecular weight is 233 g/mol. The third-order valence-corrected chi connectivity index (χ3v) is 3.28. The van der Waals surface area contributed by atoms with E-state index in [9.17, 15) is 4.79 Å². The highest BCUT2D eigenvalue weighted by Gasteiger charge is 2.26. The van der Waals surface area contributed by atoms with Crippen molar-refractivity contribution in [3.8, 4) is 0 Å². The predicted molar refractivity (Wildman–Crippen MR) is 58.5 cm³/mol. The number of halogens is 1. The van der Waals surface area contributed by atoms with E-state index >= 15 is 0 Å². The number of aromatic nitrogens is 1. The van der Waals surface area contributed by atoms with Gasteiger partial charge in [-0.2, -0.15) is 0 Å². The number of carbonyl (C=O) groups excluding carboxylic acids is 1. The van der Waals surface area contributed by atoms with Crippen molar-refractivity contribution in [2.75, 3.05) is 5.88 Å². The van der Waals surface area contributed by atoms with Crippen molar-refractivity contribution in [1.29, 1.82) is 0 Å². The molecule has 1 N–H and O–H groups in total. The molecule has 0 aliphatic heterocycles. The fourth-order valence-corrected chi connectivity index (χ4v) is 1.47. The van der Waals surface area contributed by atoms with Crippen LogP contribution >= 0.6 is 22.9 Å². The molecule has 0 aromatic carbocycles. The Morgan fingerprint density at radius 1 is 1.71 bits per heavy atom. The highest BCUT2D eigenvalue weighted by molar-refractivity contribution is 7.09. The first-order valence-electron chi connectivity index (χ1n) is 4.29. The van der Waals surface area contributed by atoms with E-state index in [0.717, 1.165) is 5.01 Å². The normalized spacial score (nSPS) is 11.4. The molecule has 0 radical (unpaired) electrons. The van der Waals surface area contributed by atoms with Crippen LogP contribution in [0.15, 0.2) is 11.6 Å². The van der Waals surface area contributed by atoms with Gasteiger partial charge in [0.15, 0.2) is 0 Å². The first-order chi connectivity index (χ1) is 6.56. The van der Waals surface area contributed by atoms with Crippen LogP contribution in [0.5, 0.6) is 0 Å². The Balaban J connectivity index is 2.43. The molecule has 1 aromatic rings. The number of amides is 1. The smallest absolute Gasteiger partial charge is 0.227 e. The third-order valence-electron chi connectivity index (χ3n) is 1.83. The molecule has 0 unspecified atom stereocenters. The minimum atomic E-state index is -0.515. The van der Waals surface area contributed by atoms with Crippen LogP contribution < -0.4 is 5.32 Å². The van der Waals surface area contributed by atoms with Crippen molar-refractivity contribution in [3.05, 3.63) is 16.6 Å². The number of alkyl halides is 1. The molecule has 3 nitrogen and oxygen atoms in total. The summed E-state index contributed by atoms with van der Waals surface area (Å²) in [5.41, 5.74) is -0.515. The number of thiazole rings is 1. The molecule has 0 fully saturated rings. The molecule has 1 amide bonds. The largest absolute Gasteiger partial charge is 0.349 e. The number of carbonyl (C=O) groups is 1. The quantitative estimate of drug-likeness (QED) is 0.808. The van der Waals surface area contributed by atoms with Crippen molar-refractivity contribution in [2.24, 2.45) is 5.41 Å². The summed E-state index contributed by atoms with van der Waals surface area (Å²) in [6.07, 6.45) is 1.72. The van der Waals surface area contributed by atoms with Gasteiger partial charge in [0.25, 0.3) is 0 Å². The van der Waals surface area contributed by atoms with Crippen LogP contribution in [0.1, 0.15) is 18.9 Å². The van der Waals surface area contributed by atoms with E-state index in [-0.39, 0.29) is 5.91 Å². The summed E-state index contributed by atoms with van der Waals surface area (Å²) in [7, 11) is 0. The van der Waals surface area contributed by atoms with E-state index in [1.807, 2.05) is 19.2 Å². The summed E-state index contributed by atoms with van der Waals surface area (Å²) >= 11 is 7.20. The zero-order valence-corrected chi connectivity index (χ0v) is 9.78. The van der Waals surface area contributed by atoms with Gasteiger partial charge in [-0.05, 0) is 13.8 Å². The second-order valence-electron chi connectivity index (χ2n) is 3.63. The van der Waals surface area contributed by atoms with Crippen LogP contribution in [0, 0.1) is 5.41 Å². The summed E-state index contributed by atoms with van der Waals surface area (Å²) in [4.78, 5) is 15.6. The Hall–Kier alpha value is -0.610. The summed E-state index contributed by atoms with van der Waals surface area (Å²) in [6.45, 7) is 4.12. The molecule has 78 valence electrons. The lowest BCUT2D eigenvalue weighted by Gasteiger charge is -2.19. The van der Waals surface area contributed by atoms with Crippen LogP contribution in [0.25, 0.3) is 0 Å². The van der Waals surface area contributed by atoms with Crippen molar-refractivity contribution >= 4 is 28.8 Å². The molecule has 1 aromatic heterocycles. The van der Waals surface area contributed by atoms with Crippen LogP contribution in [0.2, 0.25) is 0 Å². The zero-order valence-electron chi connectivity index (χ0n) is 8.21. The first-order valence-corrected chi connectivity index (χ1v) is 5.70. The Morgan fingerprint density at radius 2 is 2.43 bits per heavy atom. The fourth-order valence-electron chi connectivity index (χ4n) is 0.796. The van der Waals surface area contributed by atoms with E-state index in [4.69, 9.17) is 11.6 Å².